The molecule has 1 aliphatic rings. The van der Waals surface area contributed by atoms with Gasteiger partial charge in [-0.05, 0) is 18.9 Å². The van der Waals surface area contributed by atoms with Gasteiger partial charge >= 0.3 is 0 Å². The summed E-state index contributed by atoms with van der Waals surface area (Å²) in [4.78, 5) is 28.5. The maximum absolute atomic E-state index is 12.5. The van der Waals surface area contributed by atoms with Gasteiger partial charge in [-0.3, -0.25) is 9.59 Å². The van der Waals surface area contributed by atoms with E-state index in [-0.39, 0.29) is 11.5 Å². The van der Waals surface area contributed by atoms with Crippen LogP contribution >= 0.6 is 0 Å². The summed E-state index contributed by atoms with van der Waals surface area (Å²) in [5.74, 6) is 0.700. The van der Waals surface area contributed by atoms with E-state index in [0.29, 0.717) is 17.3 Å². The largest absolute Gasteiger partial charge is 0.340 e. The van der Waals surface area contributed by atoms with Crippen molar-refractivity contribution in [2.45, 2.75) is 38.1 Å². The molecule has 2 aromatic heterocycles. The first-order chi connectivity index (χ1) is 10.5. The van der Waals surface area contributed by atoms with Crippen LogP contribution in [0, 0.1) is 6.92 Å². The number of pyridine rings is 1. The Bertz CT molecular complexity index is 756. The van der Waals surface area contributed by atoms with Gasteiger partial charge in [0.25, 0.3) is 11.5 Å². The molecule has 22 heavy (non-hydrogen) atoms. The van der Waals surface area contributed by atoms with Crippen LogP contribution < -0.4 is 10.9 Å². The van der Waals surface area contributed by atoms with Gasteiger partial charge in [-0.2, -0.15) is 4.98 Å². The van der Waals surface area contributed by atoms with E-state index in [2.05, 4.69) is 15.5 Å². The van der Waals surface area contributed by atoms with Crippen molar-refractivity contribution >= 4 is 5.91 Å². The average Bonchev–Trinajstić information content (AvgIpc) is 3.12. The molecule has 1 amide bonds. The molecule has 1 N–H and O–H groups in total. The summed E-state index contributed by atoms with van der Waals surface area (Å²) in [5, 5.41) is 6.99. The van der Waals surface area contributed by atoms with Gasteiger partial charge in [-0.15, -0.1) is 0 Å². The monoisotopic (exact) mass is 302 g/mol. The fourth-order valence-electron chi connectivity index (χ4n) is 2.86. The van der Waals surface area contributed by atoms with Gasteiger partial charge in [0.15, 0.2) is 5.82 Å². The van der Waals surface area contributed by atoms with Crippen molar-refractivity contribution < 1.29 is 9.32 Å². The number of rotatable bonds is 3. The fourth-order valence-corrected chi connectivity index (χ4v) is 2.86. The van der Waals surface area contributed by atoms with Crippen LogP contribution in [0.15, 0.2) is 27.6 Å². The summed E-state index contributed by atoms with van der Waals surface area (Å²) in [6.45, 7) is 1.72. The first-order valence-corrected chi connectivity index (χ1v) is 7.30. The van der Waals surface area contributed by atoms with Crippen molar-refractivity contribution in [2.24, 2.45) is 7.05 Å². The topological polar surface area (TPSA) is 90.0 Å². The van der Waals surface area contributed by atoms with E-state index in [1.807, 2.05) is 0 Å². The van der Waals surface area contributed by atoms with Gasteiger partial charge in [0.05, 0.1) is 0 Å². The molecule has 0 unspecified atom stereocenters. The number of hydrogen-bond acceptors (Lipinski definition) is 5. The van der Waals surface area contributed by atoms with Gasteiger partial charge in [0.2, 0.25) is 5.89 Å². The minimum atomic E-state index is -0.601. The number of hydrogen-bond donors (Lipinski definition) is 1. The SMILES string of the molecule is Cc1nc(C2(NC(=O)c3ccn(C)c(=O)c3)CCCC2)no1. The normalized spacial score (nSPS) is 16.6. The molecule has 116 valence electrons. The molecule has 0 aliphatic heterocycles. The molecule has 3 rings (SSSR count). The molecule has 0 bridgehead atoms. The van der Waals surface area contributed by atoms with Crippen LogP contribution in [0.3, 0.4) is 0 Å². The zero-order valence-electron chi connectivity index (χ0n) is 12.6. The quantitative estimate of drug-likeness (QED) is 0.922. The van der Waals surface area contributed by atoms with Gasteiger partial charge in [-0.1, -0.05) is 18.0 Å². The standard InChI is InChI=1S/C15H18N4O3/c1-10-16-14(18-22-10)15(6-3-4-7-15)17-13(21)11-5-8-19(2)12(20)9-11/h5,8-9H,3-4,6-7H2,1-2H3,(H,17,21). The van der Waals surface area contributed by atoms with Crippen LogP contribution in [0.4, 0.5) is 0 Å². The molecule has 0 spiro atoms. The number of amides is 1. The van der Waals surface area contributed by atoms with Gasteiger partial charge < -0.3 is 14.4 Å². The predicted molar refractivity (Wildman–Crippen MR) is 78.3 cm³/mol. The number of nitrogens with one attached hydrogen (secondary N) is 1. The first kappa shape index (κ1) is 14.5. The summed E-state index contributed by atoms with van der Waals surface area (Å²) in [6.07, 6.45) is 5.09. The minimum absolute atomic E-state index is 0.219. The van der Waals surface area contributed by atoms with E-state index in [0.717, 1.165) is 25.7 Å². The Balaban J connectivity index is 1.89. The van der Waals surface area contributed by atoms with E-state index in [9.17, 15) is 9.59 Å². The molecule has 2 aromatic rings. The van der Waals surface area contributed by atoms with E-state index >= 15 is 0 Å². The lowest BCUT2D eigenvalue weighted by Crippen LogP contribution is -2.45. The molecular weight excluding hydrogens is 284 g/mol. The van der Waals surface area contributed by atoms with Crippen LogP contribution in [0.2, 0.25) is 0 Å². The lowest BCUT2D eigenvalue weighted by atomic mass is 9.96. The molecule has 7 heteroatoms. The van der Waals surface area contributed by atoms with Crippen molar-refractivity contribution in [3.05, 3.63) is 46.0 Å². The average molecular weight is 302 g/mol. The van der Waals surface area contributed by atoms with Crippen LogP contribution in [0.25, 0.3) is 0 Å². The molecule has 0 aromatic carbocycles. The fraction of sp³-hybridized carbons (Fsp3) is 0.467. The molecule has 1 aliphatic carbocycles. The smallest absolute Gasteiger partial charge is 0.252 e. The number of aryl methyl sites for hydroxylation is 2. The van der Waals surface area contributed by atoms with Crippen molar-refractivity contribution in [2.75, 3.05) is 0 Å². The number of aromatic nitrogens is 3. The van der Waals surface area contributed by atoms with Crippen molar-refractivity contribution in [3.8, 4) is 0 Å². The molecule has 1 fully saturated rings. The van der Waals surface area contributed by atoms with Crippen LogP contribution in [-0.2, 0) is 12.6 Å². The van der Waals surface area contributed by atoms with E-state index in [1.165, 1.54) is 10.6 Å². The Morgan fingerprint density at radius 3 is 2.73 bits per heavy atom. The number of nitrogens with zero attached hydrogens (tertiary/aromatic N) is 3. The van der Waals surface area contributed by atoms with Crippen LogP contribution in [0.1, 0.15) is 47.8 Å². The van der Waals surface area contributed by atoms with Crippen molar-refractivity contribution in [3.63, 3.8) is 0 Å². The van der Waals surface area contributed by atoms with Crippen LogP contribution in [0.5, 0.6) is 0 Å². The highest BCUT2D eigenvalue weighted by Crippen LogP contribution is 2.37. The zero-order valence-corrected chi connectivity index (χ0v) is 12.6. The predicted octanol–water partition coefficient (Wildman–Crippen LogP) is 1.28. The summed E-state index contributed by atoms with van der Waals surface area (Å²) in [6, 6.07) is 2.96. The zero-order chi connectivity index (χ0) is 15.7. The molecule has 1 saturated carbocycles. The molecule has 0 saturated heterocycles. The van der Waals surface area contributed by atoms with E-state index in [4.69, 9.17) is 4.52 Å². The van der Waals surface area contributed by atoms with E-state index in [1.54, 1.807) is 26.2 Å². The van der Waals surface area contributed by atoms with E-state index < -0.39 is 5.54 Å². The molecule has 0 atom stereocenters. The number of carbonyl (C=O) groups excluding carboxylic acids is 1. The Labute approximate surface area is 127 Å². The summed E-state index contributed by atoms with van der Waals surface area (Å²) < 4.78 is 6.48. The Kier molecular flexibility index (Phi) is 3.56. The maximum Gasteiger partial charge on any atom is 0.252 e. The third kappa shape index (κ3) is 2.54. The summed E-state index contributed by atoms with van der Waals surface area (Å²) in [5.41, 5.74) is -0.478. The molecule has 2 heterocycles. The third-order valence-corrected chi connectivity index (χ3v) is 4.13. The maximum atomic E-state index is 12.5. The minimum Gasteiger partial charge on any atom is -0.340 e. The highest BCUT2D eigenvalue weighted by Gasteiger charge is 2.41. The summed E-state index contributed by atoms with van der Waals surface area (Å²) >= 11 is 0. The van der Waals surface area contributed by atoms with Crippen LogP contribution in [-0.4, -0.2) is 20.6 Å². The summed E-state index contributed by atoms with van der Waals surface area (Å²) in [7, 11) is 1.64. The lowest BCUT2D eigenvalue weighted by molar-refractivity contribution is 0.0891. The Hall–Kier alpha value is -2.44. The van der Waals surface area contributed by atoms with Gasteiger partial charge in [0, 0.05) is 31.8 Å². The second-order valence-corrected chi connectivity index (χ2v) is 5.74. The Morgan fingerprint density at radius 2 is 2.14 bits per heavy atom. The molecule has 7 nitrogen and oxygen atoms in total. The highest BCUT2D eigenvalue weighted by molar-refractivity contribution is 5.94. The van der Waals surface area contributed by atoms with Crippen molar-refractivity contribution in [1.29, 1.82) is 0 Å². The van der Waals surface area contributed by atoms with Crippen molar-refractivity contribution in [1.82, 2.24) is 20.0 Å². The highest BCUT2D eigenvalue weighted by atomic mass is 16.5. The molecular formula is C15H18N4O3. The van der Waals surface area contributed by atoms with Gasteiger partial charge in [0.1, 0.15) is 5.54 Å². The first-order valence-electron chi connectivity index (χ1n) is 7.30. The second-order valence-electron chi connectivity index (χ2n) is 5.74. The molecule has 0 radical (unpaired) electrons. The number of carbonyl (C=O) groups is 1. The second kappa shape index (κ2) is 5.40. The Morgan fingerprint density at radius 1 is 1.41 bits per heavy atom. The third-order valence-electron chi connectivity index (χ3n) is 4.13. The lowest BCUT2D eigenvalue weighted by Gasteiger charge is -2.26. The van der Waals surface area contributed by atoms with Gasteiger partial charge in [-0.25, -0.2) is 0 Å².